The van der Waals surface area contributed by atoms with Crippen LogP contribution in [-0.2, 0) is 0 Å². The van der Waals surface area contributed by atoms with Gasteiger partial charge in [-0.3, -0.25) is 5.32 Å². The van der Waals surface area contributed by atoms with Gasteiger partial charge in [-0.1, -0.05) is 23.5 Å². The Morgan fingerprint density at radius 2 is 2.05 bits per heavy atom. The van der Waals surface area contributed by atoms with Crippen molar-refractivity contribution in [3.63, 3.8) is 0 Å². The number of nitrogens with zero attached hydrogens (tertiary/aromatic N) is 1. The summed E-state index contributed by atoms with van der Waals surface area (Å²) in [7, 11) is 0. The van der Waals surface area contributed by atoms with E-state index in [1.165, 1.54) is 11.3 Å². The number of anilines is 2. The fraction of sp³-hybridized carbons (Fsp3) is 0.167. The summed E-state index contributed by atoms with van der Waals surface area (Å²) in [6.07, 6.45) is 1.10. The number of hydrogen-bond acceptors (Lipinski definition) is 4. The second-order valence-electron chi connectivity index (χ2n) is 3.85. The van der Waals surface area contributed by atoms with Crippen LogP contribution in [0.15, 0.2) is 34.2 Å². The molecule has 0 saturated carbocycles. The zero-order chi connectivity index (χ0) is 13.8. The van der Waals surface area contributed by atoms with Gasteiger partial charge in [-0.15, -0.1) is 0 Å². The molecule has 2 amide bonds. The third-order valence-electron chi connectivity index (χ3n) is 2.35. The van der Waals surface area contributed by atoms with E-state index in [2.05, 4.69) is 31.5 Å². The topological polar surface area (TPSA) is 74.2 Å². The molecule has 3 N–H and O–H groups in total. The van der Waals surface area contributed by atoms with Crippen molar-refractivity contribution in [2.24, 2.45) is 0 Å². The van der Waals surface area contributed by atoms with Gasteiger partial charge in [0.25, 0.3) is 0 Å². The zero-order valence-electron chi connectivity index (χ0n) is 10.1. The number of aliphatic hydroxyl groups is 1. The Labute approximate surface area is 122 Å². The number of aliphatic hydroxyl groups excluding tert-OH is 1. The lowest BCUT2D eigenvalue weighted by molar-refractivity contribution is 0.199. The van der Waals surface area contributed by atoms with Crippen LogP contribution in [0, 0.1) is 0 Å². The molecule has 0 aliphatic carbocycles. The van der Waals surface area contributed by atoms with Crippen molar-refractivity contribution in [1.29, 1.82) is 0 Å². The van der Waals surface area contributed by atoms with Crippen LogP contribution in [0.3, 0.4) is 0 Å². The van der Waals surface area contributed by atoms with Crippen LogP contribution in [0.25, 0.3) is 0 Å². The van der Waals surface area contributed by atoms with E-state index in [4.69, 9.17) is 0 Å². The number of hydrogen-bond donors (Lipinski definition) is 3. The van der Waals surface area contributed by atoms with Gasteiger partial charge in [-0.05, 0) is 40.5 Å². The molecule has 1 aromatic carbocycles. The maximum atomic E-state index is 11.7. The first-order valence-corrected chi connectivity index (χ1v) is 7.13. The third-order valence-corrected chi connectivity index (χ3v) is 3.74. The summed E-state index contributed by atoms with van der Waals surface area (Å²) < 4.78 is 0.851. The van der Waals surface area contributed by atoms with Crippen LogP contribution < -0.4 is 10.6 Å². The van der Waals surface area contributed by atoms with Crippen molar-refractivity contribution in [3.05, 3.63) is 39.8 Å². The lowest BCUT2D eigenvalue weighted by atomic mass is 10.1. The summed E-state index contributed by atoms with van der Waals surface area (Å²) in [5.41, 5.74) is 1.45. The Kier molecular flexibility index (Phi) is 4.52. The Morgan fingerprint density at radius 3 is 2.58 bits per heavy atom. The summed E-state index contributed by atoms with van der Waals surface area (Å²) >= 11 is 4.60. The van der Waals surface area contributed by atoms with Gasteiger partial charge in [0, 0.05) is 5.69 Å². The van der Waals surface area contributed by atoms with E-state index in [-0.39, 0.29) is 6.03 Å². The maximum absolute atomic E-state index is 11.7. The highest BCUT2D eigenvalue weighted by atomic mass is 79.9. The second-order valence-corrected chi connectivity index (χ2v) is 6.26. The van der Waals surface area contributed by atoms with Crippen molar-refractivity contribution < 1.29 is 9.90 Å². The number of thiazole rings is 1. The number of halogens is 1. The van der Waals surface area contributed by atoms with E-state index in [1.807, 2.05) is 0 Å². The van der Waals surface area contributed by atoms with Crippen molar-refractivity contribution >= 4 is 44.1 Å². The standard InChI is InChI=1S/C12H12BrN3O2S/c1-7(17)8-2-4-9(5-3-8)15-11(18)16-12-14-6-10(13)19-12/h2-7,17H,1H3,(H2,14,15,16,18). The molecule has 2 rings (SSSR count). The number of amides is 2. The van der Waals surface area contributed by atoms with Crippen LogP contribution in [0.2, 0.25) is 0 Å². The molecular formula is C12H12BrN3O2S. The molecule has 0 radical (unpaired) electrons. The molecule has 0 bridgehead atoms. The van der Waals surface area contributed by atoms with Gasteiger partial charge >= 0.3 is 6.03 Å². The van der Waals surface area contributed by atoms with Crippen molar-refractivity contribution in [3.8, 4) is 0 Å². The number of nitrogens with one attached hydrogen (secondary N) is 2. The molecule has 100 valence electrons. The molecular weight excluding hydrogens is 330 g/mol. The first-order chi connectivity index (χ1) is 9.04. The molecule has 1 atom stereocenters. The Morgan fingerprint density at radius 1 is 1.37 bits per heavy atom. The summed E-state index contributed by atoms with van der Waals surface area (Å²) in [5.74, 6) is 0. The first kappa shape index (κ1) is 14.0. The predicted octanol–water partition coefficient (Wildman–Crippen LogP) is 3.60. The Hall–Kier alpha value is -1.44. The van der Waals surface area contributed by atoms with Crippen molar-refractivity contribution in [2.45, 2.75) is 13.0 Å². The smallest absolute Gasteiger partial charge is 0.325 e. The minimum Gasteiger partial charge on any atom is -0.389 e. The quantitative estimate of drug-likeness (QED) is 0.798. The number of aromatic nitrogens is 1. The lowest BCUT2D eigenvalue weighted by Crippen LogP contribution is -2.19. The fourth-order valence-electron chi connectivity index (χ4n) is 1.42. The average molecular weight is 342 g/mol. The molecule has 1 aromatic heterocycles. The fourth-order valence-corrected chi connectivity index (χ4v) is 2.52. The van der Waals surface area contributed by atoms with E-state index < -0.39 is 6.10 Å². The van der Waals surface area contributed by atoms with Crippen LogP contribution in [0.4, 0.5) is 15.6 Å². The van der Waals surface area contributed by atoms with Crippen LogP contribution in [-0.4, -0.2) is 16.1 Å². The number of carbonyl (C=O) groups excluding carboxylic acids is 1. The molecule has 0 spiro atoms. The summed E-state index contributed by atoms with van der Waals surface area (Å²) in [6, 6.07) is 6.64. The highest BCUT2D eigenvalue weighted by Crippen LogP contribution is 2.23. The highest BCUT2D eigenvalue weighted by molar-refractivity contribution is 9.11. The normalized spacial score (nSPS) is 11.9. The average Bonchev–Trinajstić information content (AvgIpc) is 2.75. The van der Waals surface area contributed by atoms with E-state index >= 15 is 0 Å². The molecule has 7 heteroatoms. The molecule has 0 aliphatic rings. The van der Waals surface area contributed by atoms with Gasteiger partial charge in [0.15, 0.2) is 5.13 Å². The highest BCUT2D eigenvalue weighted by Gasteiger charge is 2.06. The number of rotatable bonds is 3. The largest absolute Gasteiger partial charge is 0.389 e. The molecule has 19 heavy (non-hydrogen) atoms. The van der Waals surface area contributed by atoms with Crippen LogP contribution in [0.1, 0.15) is 18.6 Å². The van der Waals surface area contributed by atoms with Crippen LogP contribution in [0.5, 0.6) is 0 Å². The van der Waals surface area contributed by atoms with Gasteiger partial charge in [-0.2, -0.15) is 0 Å². The predicted molar refractivity (Wildman–Crippen MR) is 79.5 cm³/mol. The van der Waals surface area contributed by atoms with Gasteiger partial charge in [0.1, 0.15) is 0 Å². The van der Waals surface area contributed by atoms with Crippen molar-refractivity contribution in [2.75, 3.05) is 10.6 Å². The number of urea groups is 1. The zero-order valence-corrected chi connectivity index (χ0v) is 12.5. The lowest BCUT2D eigenvalue weighted by Gasteiger charge is -2.08. The van der Waals surface area contributed by atoms with Crippen LogP contribution >= 0.6 is 27.3 Å². The van der Waals surface area contributed by atoms with Gasteiger partial charge in [0.2, 0.25) is 0 Å². The van der Waals surface area contributed by atoms with E-state index in [9.17, 15) is 9.90 Å². The third kappa shape index (κ3) is 4.02. The molecule has 0 saturated heterocycles. The Balaban J connectivity index is 1.95. The number of benzene rings is 1. The molecule has 0 aliphatic heterocycles. The SMILES string of the molecule is CC(O)c1ccc(NC(=O)Nc2ncc(Br)s2)cc1. The summed E-state index contributed by atoms with van der Waals surface area (Å²) in [4.78, 5) is 15.7. The molecule has 2 aromatic rings. The molecule has 5 nitrogen and oxygen atoms in total. The van der Waals surface area contributed by atoms with Gasteiger partial charge in [0.05, 0.1) is 16.1 Å². The summed E-state index contributed by atoms with van der Waals surface area (Å²) in [5, 5.41) is 15.2. The van der Waals surface area contributed by atoms with E-state index in [1.54, 1.807) is 37.4 Å². The molecule has 1 heterocycles. The Bertz CT molecular complexity index is 569. The first-order valence-electron chi connectivity index (χ1n) is 5.52. The second kappa shape index (κ2) is 6.14. The minimum atomic E-state index is -0.518. The van der Waals surface area contributed by atoms with E-state index in [0.717, 1.165) is 9.35 Å². The molecule has 0 fully saturated rings. The van der Waals surface area contributed by atoms with E-state index in [0.29, 0.717) is 10.8 Å². The maximum Gasteiger partial charge on any atom is 0.325 e. The van der Waals surface area contributed by atoms with Gasteiger partial charge in [-0.25, -0.2) is 9.78 Å². The molecule has 1 unspecified atom stereocenters. The summed E-state index contributed by atoms with van der Waals surface area (Å²) in [6.45, 7) is 1.69. The van der Waals surface area contributed by atoms with Gasteiger partial charge < -0.3 is 10.4 Å². The number of carbonyl (C=O) groups is 1. The van der Waals surface area contributed by atoms with Crippen molar-refractivity contribution in [1.82, 2.24) is 4.98 Å². The minimum absolute atomic E-state index is 0.355. The monoisotopic (exact) mass is 341 g/mol.